The van der Waals surface area contributed by atoms with E-state index in [4.69, 9.17) is 0 Å². The molecule has 0 aromatic heterocycles. The van der Waals surface area contributed by atoms with E-state index in [0.29, 0.717) is 11.1 Å². The average Bonchev–Trinajstić information content (AvgIpc) is 2.35. The Balaban J connectivity index is 2.90. The highest BCUT2D eigenvalue weighted by Crippen LogP contribution is 2.09. The molecule has 0 atom stereocenters. The number of ether oxygens (including phenoxy) is 1. The maximum absolute atomic E-state index is 12.7. The minimum absolute atomic E-state index is 0.0688. The summed E-state index contributed by atoms with van der Waals surface area (Å²) in [6.07, 6.45) is 1.54. The van der Waals surface area contributed by atoms with Crippen molar-refractivity contribution in [2.45, 2.75) is 6.92 Å². The molecule has 0 saturated heterocycles. The van der Waals surface area contributed by atoms with E-state index >= 15 is 0 Å². The quantitative estimate of drug-likeness (QED) is 0.652. The maximum atomic E-state index is 12.7. The van der Waals surface area contributed by atoms with Crippen LogP contribution in [0.1, 0.15) is 12.5 Å². The van der Waals surface area contributed by atoms with Gasteiger partial charge in [0.05, 0.1) is 12.7 Å². The van der Waals surface area contributed by atoms with Crippen molar-refractivity contribution in [3.05, 3.63) is 41.2 Å². The summed E-state index contributed by atoms with van der Waals surface area (Å²) in [5.74, 6) is -1.13. The molecule has 1 aromatic rings. The summed E-state index contributed by atoms with van der Waals surface area (Å²) in [4.78, 5) is 22.3. The van der Waals surface area contributed by atoms with Gasteiger partial charge in [-0.2, -0.15) is 0 Å². The molecule has 0 aliphatic heterocycles. The van der Waals surface area contributed by atoms with Gasteiger partial charge in [-0.15, -0.1) is 0 Å². The lowest BCUT2D eigenvalue weighted by molar-refractivity contribution is -0.136. The van der Waals surface area contributed by atoms with Crippen molar-refractivity contribution in [2.24, 2.45) is 0 Å². The summed E-state index contributed by atoms with van der Waals surface area (Å²) >= 11 is 0. The van der Waals surface area contributed by atoms with Crippen LogP contribution in [-0.2, 0) is 14.3 Å². The minimum Gasteiger partial charge on any atom is -0.466 e. The maximum Gasteiger partial charge on any atom is 0.335 e. The van der Waals surface area contributed by atoms with Crippen LogP contribution in [0, 0.1) is 5.82 Å². The van der Waals surface area contributed by atoms with Gasteiger partial charge in [0.2, 0.25) is 5.91 Å². The zero-order valence-corrected chi connectivity index (χ0v) is 10.2. The first kappa shape index (κ1) is 13.9. The van der Waals surface area contributed by atoms with Gasteiger partial charge in [0.15, 0.2) is 0 Å². The molecule has 0 saturated carbocycles. The summed E-state index contributed by atoms with van der Waals surface area (Å²) in [6, 6.07) is 5.65. The molecule has 18 heavy (non-hydrogen) atoms. The van der Waals surface area contributed by atoms with Gasteiger partial charge in [0, 0.05) is 13.5 Å². The van der Waals surface area contributed by atoms with Crippen LogP contribution in [0.5, 0.6) is 0 Å². The third kappa shape index (κ3) is 4.37. The van der Waals surface area contributed by atoms with Crippen LogP contribution >= 0.6 is 0 Å². The van der Waals surface area contributed by atoms with E-state index in [9.17, 15) is 14.0 Å². The molecule has 5 heteroatoms. The van der Waals surface area contributed by atoms with Crippen molar-refractivity contribution < 1.29 is 18.7 Å². The van der Waals surface area contributed by atoms with Crippen molar-refractivity contribution in [1.29, 1.82) is 0 Å². The van der Waals surface area contributed by atoms with E-state index in [1.807, 2.05) is 0 Å². The fraction of sp³-hybridized carbons (Fsp3) is 0.231. The Labute approximate surface area is 104 Å². The number of amides is 1. The number of halogens is 1. The largest absolute Gasteiger partial charge is 0.466 e. The number of methoxy groups -OCH3 is 1. The van der Waals surface area contributed by atoms with Gasteiger partial charge in [-0.3, -0.25) is 4.79 Å². The van der Waals surface area contributed by atoms with Gasteiger partial charge in [-0.25, -0.2) is 9.18 Å². The van der Waals surface area contributed by atoms with Crippen LogP contribution in [0.3, 0.4) is 0 Å². The second-order valence-electron chi connectivity index (χ2n) is 3.62. The molecule has 1 amide bonds. The number of benzene rings is 1. The van der Waals surface area contributed by atoms with E-state index in [2.05, 4.69) is 10.1 Å². The Morgan fingerprint density at radius 1 is 1.33 bits per heavy atom. The Morgan fingerprint density at radius 3 is 2.44 bits per heavy atom. The zero-order valence-electron chi connectivity index (χ0n) is 10.2. The van der Waals surface area contributed by atoms with Gasteiger partial charge in [0.25, 0.3) is 0 Å². The molecule has 0 aliphatic carbocycles. The molecule has 0 heterocycles. The average molecular weight is 251 g/mol. The molecular formula is C13H14FNO3. The lowest BCUT2D eigenvalue weighted by atomic mass is 10.1. The summed E-state index contributed by atoms with van der Waals surface area (Å²) in [7, 11) is 1.26. The molecule has 0 unspecified atom stereocenters. The summed E-state index contributed by atoms with van der Waals surface area (Å²) in [6.45, 7) is 1.42. The molecule has 0 radical (unpaired) electrons. The second-order valence-corrected chi connectivity index (χ2v) is 3.62. The molecule has 0 fully saturated rings. The predicted molar refractivity (Wildman–Crippen MR) is 65.1 cm³/mol. The normalized spacial score (nSPS) is 10.9. The highest BCUT2D eigenvalue weighted by Gasteiger charge is 2.10. The molecule has 4 nitrogen and oxygen atoms in total. The summed E-state index contributed by atoms with van der Waals surface area (Å²) in [5.41, 5.74) is 0.946. The lowest BCUT2D eigenvalue weighted by Gasteiger charge is -2.06. The van der Waals surface area contributed by atoms with Crippen LogP contribution in [0.4, 0.5) is 4.39 Å². The van der Waals surface area contributed by atoms with Gasteiger partial charge in [-0.1, -0.05) is 12.1 Å². The van der Waals surface area contributed by atoms with Crippen LogP contribution in [0.15, 0.2) is 29.8 Å². The number of nitrogens with one attached hydrogen (secondary N) is 1. The van der Waals surface area contributed by atoms with Gasteiger partial charge in [0.1, 0.15) is 5.82 Å². The monoisotopic (exact) mass is 251 g/mol. The number of esters is 1. The molecule has 1 N–H and O–H groups in total. The predicted octanol–water partition coefficient (Wildman–Crippen LogP) is 1.52. The van der Waals surface area contributed by atoms with Gasteiger partial charge < -0.3 is 10.1 Å². The molecule has 0 aliphatic rings. The molecule has 96 valence electrons. The minimum atomic E-state index is -0.534. The Hall–Kier alpha value is -2.17. The van der Waals surface area contributed by atoms with Crippen LogP contribution in [0.25, 0.3) is 6.08 Å². The van der Waals surface area contributed by atoms with Crippen LogP contribution in [0.2, 0.25) is 0 Å². The topological polar surface area (TPSA) is 55.4 Å². The second kappa shape index (κ2) is 6.54. The summed E-state index contributed by atoms with van der Waals surface area (Å²) in [5, 5.41) is 2.51. The van der Waals surface area contributed by atoms with Crippen LogP contribution in [-0.4, -0.2) is 25.5 Å². The third-order valence-electron chi connectivity index (χ3n) is 2.19. The number of rotatable bonds is 4. The Bertz CT molecular complexity index is 466. The Morgan fingerprint density at radius 2 is 1.94 bits per heavy atom. The first-order valence-corrected chi connectivity index (χ1v) is 5.32. The van der Waals surface area contributed by atoms with Gasteiger partial charge in [-0.05, 0) is 23.8 Å². The van der Waals surface area contributed by atoms with Crippen molar-refractivity contribution >= 4 is 18.0 Å². The van der Waals surface area contributed by atoms with Gasteiger partial charge >= 0.3 is 5.97 Å². The smallest absolute Gasteiger partial charge is 0.335 e. The van der Waals surface area contributed by atoms with E-state index < -0.39 is 5.97 Å². The van der Waals surface area contributed by atoms with Crippen molar-refractivity contribution in [3.63, 3.8) is 0 Å². The van der Waals surface area contributed by atoms with Crippen molar-refractivity contribution in [1.82, 2.24) is 5.32 Å². The summed E-state index contributed by atoms with van der Waals surface area (Å²) < 4.78 is 17.3. The standard InChI is InChI=1S/C13H14FNO3/c1-9(16)15-8-11(13(17)18-2)7-10-3-5-12(14)6-4-10/h3-7H,8H2,1-2H3,(H,15,16)/b11-7+. The number of hydrogen-bond acceptors (Lipinski definition) is 3. The van der Waals surface area contributed by atoms with E-state index in [-0.39, 0.29) is 18.3 Å². The number of carbonyl (C=O) groups is 2. The van der Waals surface area contributed by atoms with E-state index in [1.54, 1.807) is 6.08 Å². The fourth-order valence-corrected chi connectivity index (χ4v) is 1.29. The molecule has 0 bridgehead atoms. The highest BCUT2D eigenvalue weighted by atomic mass is 19.1. The molecule has 1 aromatic carbocycles. The van der Waals surface area contributed by atoms with Crippen LogP contribution < -0.4 is 5.32 Å². The molecular weight excluding hydrogens is 237 g/mol. The first-order chi connectivity index (χ1) is 8.52. The van der Waals surface area contributed by atoms with Crippen molar-refractivity contribution in [3.8, 4) is 0 Å². The SMILES string of the molecule is COC(=O)/C(=C/c1ccc(F)cc1)CNC(C)=O. The zero-order chi connectivity index (χ0) is 13.5. The Kier molecular flexibility index (Phi) is 5.05. The highest BCUT2D eigenvalue weighted by molar-refractivity contribution is 5.94. The van der Waals surface area contributed by atoms with E-state index in [0.717, 1.165) is 0 Å². The number of carbonyl (C=O) groups excluding carboxylic acids is 2. The number of hydrogen-bond donors (Lipinski definition) is 1. The first-order valence-electron chi connectivity index (χ1n) is 5.32. The molecule has 1 rings (SSSR count). The fourth-order valence-electron chi connectivity index (χ4n) is 1.29. The van der Waals surface area contributed by atoms with Crippen molar-refractivity contribution in [2.75, 3.05) is 13.7 Å². The third-order valence-corrected chi connectivity index (χ3v) is 2.19. The van der Waals surface area contributed by atoms with E-state index in [1.165, 1.54) is 38.3 Å². The lowest BCUT2D eigenvalue weighted by Crippen LogP contribution is -2.25. The molecule has 0 spiro atoms.